The van der Waals surface area contributed by atoms with Crippen LogP contribution < -0.4 is 10.4 Å². The monoisotopic (exact) mass is 648 g/mol. The van der Waals surface area contributed by atoms with E-state index in [4.69, 9.17) is 14.3 Å². The molecule has 2 aromatic heterocycles. The Kier molecular flexibility index (Phi) is 8.55. The molecule has 0 bridgehead atoms. The molecule has 1 N–H and O–H groups in total. The Morgan fingerprint density at radius 2 is 1.94 bits per heavy atom. The van der Waals surface area contributed by atoms with Crippen LogP contribution in [-0.4, -0.2) is 56.9 Å². The maximum Gasteiger partial charge on any atom is 0.414 e. The second-order valence-electron chi connectivity index (χ2n) is 12.2. The molecule has 2 aliphatic rings. The standard InChI is InChI=1S/C36H33FN6O5/c1-22(2)35(47-34(44)16-23-7-8-24-5-3-4-6-25(24)15-23)33-18-32(40-48-33)31-12-9-26(19-38-31)29-11-10-27(17-30(29)37)43-21-28(46-36(43)45)20-42-14-13-39-41-42/h3-15,17-19,22,28,33,35,40H,16,20-21H2,1-2H3/t28-,33?,35?/m0/s1. The smallest absolute Gasteiger partial charge is 0.414 e. The average Bonchev–Trinajstić information content (AvgIpc) is 3.86. The molecule has 0 saturated carbocycles. The largest absolute Gasteiger partial charge is 0.459 e. The van der Waals surface area contributed by atoms with Crippen LogP contribution in [0.5, 0.6) is 0 Å². The number of halogens is 1. The van der Waals surface area contributed by atoms with E-state index in [1.165, 1.54) is 11.0 Å². The van der Waals surface area contributed by atoms with E-state index in [0.29, 0.717) is 34.8 Å². The number of benzene rings is 3. The summed E-state index contributed by atoms with van der Waals surface area (Å²) < 4.78 is 28.3. The Hall–Kier alpha value is -5.62. The molecule has 12 heteroatoms. The first-order valence-corrected chi connectivity index (χ1v) is 15.7. The van der Waals surface area contributed by atoms with E-state index in [2.05, 4.69) is 20.8 Å². The van der Waals surface area contributed by atoms with Gasteiger partial charge in [-0.25, -0.2) is 13.9 Å². The number of ether oxygens (including phenoxy) is 2. The van der Waals surface area contributed by atoms with Gasteiger partial charge in [-0.3, -0.25) is 25.0 Å². The SMILES string of the molecule is CC(C)C(OC(=O)Cc1ccc2ccccc2c1)C1C=C(c2ccc(-c3ccc(N4C[C@H](Cn5ccnn5)OC4=O)cc3F)cn2)NO1. The first-order chi connectivity index (χ1) is 23.3. The maximum absolute atomic E-state index is 15.3. The number of hydrogen-bond donors (Lipinski definition) is 1. The number of esters is 1. The summed E-state index contributed by atoms with van der Waals surface area (Å²) in [5.41, 5.74) is 6.29. The second-order valence-corrected chi connectivity index (χ2v) is 12.2. The first kappa shape index (κ1) is 31.0. The molecule has 0 aliphatic carbocycles. The van der Waals surface area contributed by atoms with Gasteiger partial charge in [0.05, 0.1) is 42.8 Å². The van der Waals surface area contributed by atoms with Gasteiger partial charge in [0.2, 0.25) is 0 Å². The van der Waals surface area contributed by atoms with Crippen LogP contribution in [0.3, 0.4) is 0 Å². The fourth-order valence-corrected chi connectivity index (χ4v) is 5.94. The van der Waals surface area contributed by atoms with Gasteiger partial charge < -0.3 is 9.47 Å². The highest BCUT2D eigenvalue weighted by molar-refractivity contribution is 5.90. The lowest BCUT2D eigenvalue weighted by atomic mass is 10.00. The normalized spacial score (nSPS) is 18.1. The molecule has 4 heterocycles. The summed E-state index contributed by atoms with van der Waals surface area (Å²) in [6.45, 7) is 4.56. The molecule has 1 amide bonds. The van der Waals surface area contributed by atoms with Gasteiger partial charge in [0.15, 0.2) is 0 Å². The van der Waals surface area contributed by atoms with Gasteiger partial charge in [-0.1, -0.05) is 67.6 Å². The molecule has 244 valence electrons. The molecule has 3 aromatic carbocycles. The highest BCUT2D eigenvalue weighted by Gasteiger charge is 2.34. The summed E-state index contributed by atoms with van der Waals surface area (Å²) in [5, 5.41) is 9.84. The second kappa shape index (κ2) is 13.2. The molecule has 3 atom stereocenters. The number of nitrogens with one attached hydrogen (secondary N) is 1. The maximum atomic E-state index is 15.3. The van der Waals surface area contributed by atoms with Gasteiger partial charge >= 0.3 is 12.1 Å². The van der Waals surface area contributed by atoms with Crippen molar-refractivity contribution in [2.45, 2.75) is 45.1 Å². The Morgan fingerprint density at radius 3 is 2.69 bits per heavy atom. The molecule has 11 nitrogen and oxygen atoms in total. The Morgan fingerprint density at radius 1 is 1.08 bits per heavy atom. The number of cyclic esters (lactones) is 1. The van der Waals surface area contributed by atoms with Crippen LogP contribution in [0.1, 0.15) is 25.1 Å². The molecule has 48 heavy (non-hydrogen) atoms. The predicted molar refractivity (Wildman–Crippen MR) is 176 cm³/mol. The zero-order chi connectivity index (χ0) is 33.2. The van der Waals surface area contributed by atoms with E-state index in [1.807, 2.05) is 62.4 Å². The van der Waals surface area contributed by atoms with Crippen LogP contribution in [0.25, 0.3) is 27.6 Å². The van der Waals surface area contributed by atoms with E-state index in [-0.39, 0.29) is 24.9 Å². The number of carbonyl (C=O) groups is 2. The Bertz CT molecular complexity index is 1980. The summed E-state index contributed by atoms with van der Waals surface area (Å²) in [4.78, 5) is 37.2. The highest BCUT2D eigenvalue weighted by Crippen LogP contribution is 2.31. The number of amides is 1. The number of rotatable bonds is 10. The predicted octanol–water partition coefficient (Wildman–Crippen LogP) is 5.71. The molecule has 1 saturated heterocycles. The van der Waals surface area contributed by atoms with Gasteiger partial charge in [-0.2, -0.15) is 0 Å². The Labute approximate surface area is 275 Å². The lowest BCUT2D eigenvalue weighted by Gasteiger charge is -2.25. The third-order valence-corrected chi connectivity index (χ3v) is 8.40. The van der Waals surface area contributed by atoms with Crippen molar-refractivity contribution in [3.05, 3.63) is 115 Å². The van der Waals surface area contributed by atoms with Crippen LogP contribution in [0.15, 0.2) is 97.5 Å². The van der Waals surface area contributed by atoms with Crippen LogP contribution in [0.4, 0.5) is 14.9 Å². The number of aromatic nitrogens is 4. The van der Waals surface area contributed by atoms with Crippen molar-refractivity contribution in [2.75, 3.05) is 11.4 Å². The Balaban J connectivity index is 0.993. The van der Waals surface area contributed by atoms with Crippen LogP contribution in [0.2, 0.25) is 0 Å². The molecule has 2 aliphatic heterocycles. The van der Waals surface area contributed by atoms with Crippen LogP contribution in [0, 0.1) is 11.7 Å². The summed E-state index contributed by atoms with van der Waals surface area (Å²) in [5.74, 6) is -0.851. The van der Waals surface area contributed by atoms with Gasteiger partial charge in [0, 0.05) is 23.5 Å². The third-order valence-electron chi connectivity index (χ3n) is 8.40. The molecular weight excluding hydrogens is 615 g/mol. The summed E-state index contributed by atoms with van der Waals surface area (Å²) in [7, 11) is 0. The fraction of sp³-hybridized carbons (Fsp3) is 0.250. The molecule has 7 rings (SSSR count). The van der Waals surface area contributed by atoms with Gasteiger partial charge in [-0.15, -0.1) is 5.10 Å². The third kappa shape index (κ3) is 6.60. The molecule has 0 spiro atoms. The number of nitrogens with zero attached hydrogens (tertiary/aromatic N) is 5. The molecular formula is C36H33FN6O5. The number of fused-ring (bicyclic) bond motifs is 1. The topological polar surface area (TPSA) is 121 Å². The van der Waals surface area contributed by atoms with E-state index in [1.54, 1.807) is 47.5 Å². The van der Waals surface area contributed by atoms with E-state index in [9.17, 15) is 9.59 Å². The van der Waals surface area contributed by atoms with Gasteiger partial charge in [-0.05, 0) is 52.6 Å². The van der Waals surface area contributed by atoms with Crippen molar-refractivity contribution < 1.29 is 28.3 Å². The molecule has 0 radical (unpaired) electrons. The van der Waals surface area contributed by atoms with Crippen molar-refractivity contribution in [1.29, 1.82) is 0 Å². The minimum absolute atomic E-state index is 0.0174. The van der Waals surface area contributed by atoms with Crippen molar-refractivity contribution >= 4 is 34.2 Å². The van der Waals surface area contributed by atoms with Gasteiger partial charge in [0.25, 0.3) is 0 Å². The zero-order valence-corrected chi connectivity index (χ0v) is 26.3. The van der Waals surface area contributed by atoms with Crippen LogP contribution in [-0.2, 0) is 32.1 Å². The van der Waals surface area contributed by atoms with Gasteiger partial charge in [0.1, 0.15) is 24.1 Å². The molecule has 1 fully saturated rings. The minimum atomic E-state index is -0.546. The van der Waals surface area contributed by atoms with E-state index < -0.39 is 30.2 Å². The first-order valence-electron chi connectivity index (χ1n) is 15.7. The summed E-state index contributed by atoms with van der Waals surface area (Å²) in [6.07, 6.45) is 4.77. The molecule has 5 aromatic rings. The van der Waals surface area contributed by atoms with Crippen molar-refractivity contribution in [1.82, 2.24) is 25.5 Å². The highest BCUT2D eigenvalue weighted by atomic mass is 19.1. The number of pyridine rings is 1. The number of hydroxylamine groups is 1. The van der Waals surface area contributed by atoms with E-state index in [0.717, 1.165) is 16.3 Å². The minimum Gasteiger partial charge on any atom is -0.459 e. The van der Waals surface area contributed by atoms with Crippen molar-refractivity contribution in [3.63, 3.8) is 0 Å². The van der Waals surface area contributed by atoms with Crippen molar-refractivity contribution in [3.8, 4) is 11.1 Å². The lowest BCUT2D eigenvalue weighted by molar-refractivity contribution is -0.159. The van der Waals surface area contributed by atoms with E-state index >= 15 is 4.39 Å². The number of carbonyl (C=O) groups excluding carboxylic acids is 2. The number of hydrogen-bond acceptors (Lipinski definition) is 9. The van der Waals surface area contributed by atoms with Crippen LogP contribution >= 0.6 is 0 Å². The molecule has 2 unspecified atom stereocenters. The summed E-state index contributed by atoms with van der Waals surface area (Å²) in [6, 6.07) is 22.1. The fourth-order valence-electron chi connectivity index (χ4n) is 5.94. The summed E-state index contributed by atoms with van der Waals surface area (Å²) >= 11 is 0. The average molecular weight is 649 g/mol. The van der Waals surface area contributed by atoms with Crippen molar-refractivity contribution in [2.24, 2.45) is 5.92 Å². The number of anilines is 1. The quantitative estimate of drug-likeness (QED) is 0.190. The lowest BCUT2D eigenvalue weighted by Crippen LogP contribution is -2.36. The zero-order valence-electron chi connectivity index (χ0n) is 26.3.